The monoisotopic (exact) mass is 288 g/mol. The van der Waals surface area contributed by atoms with Crippen molar-refractivity contribution in [1.82, 2.24) is 5.32 Å². The van der Waals surface area contributed by atoms with Crippen LogP contribution in [0.3, 0.4) is 0 Å². The molecule has 1 aromatic carbocycles. The maximum absolute atomic E-state index is 12.8. The van der Waals surface area contributed by atoms with Gasteiger partial charge in [0.25, 0.3) is 0 Å². The van der Waals surface area contributed by atoms with E-state index in [2.05, 4.69) is 15.4 Å². The average Bonchev–Trinajstić information content (AvgIpc) is 2.36. The molecule has 0 saturated heterocycles. The van der Waals surface area contributed by atoms with E-state index in [1.165, 1.54) is 13.2 Å². The van der Waals surface area contributed by atoms with Gasteiger partial charge >= 0.3 is 12.3 Å². The normalized spacial score (nSPS) is 21.6. The molecular formula is C13H15F3N2O2. The molecule has 1 aliphatic rings. The Morgan fingerprint density at radius 2 is 2.15 bits per heavy atom. The zero-order valence-corrected chi connectivity index (χ0v) is 11.0. The van der Waals surface area contributed by atoms with Crippen LogP contribution in [-0.4, -0.2) is 19.2 Å². The molecule has 0 unspecified atom stereocenters. The summed E-state index contributed by atoms with van der Waals surface area (Å²) in [4.78, 5) is 11.3. The number of alkyl carbamates (subject to hydrolysis) is 1. The number of fused-ring (bicyclic) bond motifs is 1. The minimum absolute atomic E-state index is 0.0430. The first kappa shape index (κ1) is 14.5. The highest BCUT2D eigenvalue weighted by molar-refractivity contribution is 5.69. The Morgan fingerprint density at radius 3 is 2.75 bits per heavy atom. The van der Waals surface area contributed by atoms with Gasteiger partial charge in [0.2, 0.25) is 0 Å². The van der Waals surface area contributed by atoms with Crippen LogP contribution in [0, 0.1) is 0 Å². The maximum atomic E-state index is 12.8. The summed E-state index contributed by atoms with van der Waals surface area (Å²) in [6.45, 7) is 1.90. The van der Waals surface area contributed by atoms with E-state index in [0.717, 1.165) is 12.1 Å². The van der Waals surface area contributed by atoms with Gasteiger partial charge < -0.3 is 15.4 Å². The first-order chi connectivity index (χ1) is 9.31. The van der Waals surface area contributed by atoms with Crippen LogP contribution in [-0.2, 0) is 10.9 Å². The molecule has 4 nitrogen and oxygen atoms in total. The second-order valence-corrected chi connectivity index (χ2v) is 4.77. The molecule has 1 amide bonds. The molecule has 1 heterocycles. The van der Waals surface area contributed by atoms with Crippen LogP contribution >= 0.6 is 0 Å². The number of carbonyl (C=O) groups is 1. The number of ether oxygens (including phenoxy) is 1. The molecule has 7 heteroatoms. The van der Waals surface area contributed by atoms with Crippen LogP contribution < -0.4 is 10.6 Å². The van der Waals surface area contributed by atoms with Gasteiger partial charge in [-0.2, -0.15) is 13.2 Å². The van der Waals surface area contributed by atoms with Crippen LogP contribution in [0.5, 0.6) is 0 Å². The smallest absolute Gasteiger partial charge is 0.416 e. The van der Waals surface area contributed by atoms with Gasteiger partial charge in [-0.25, -0.2) is 4.79 Å². The van der Waals surface area contributed by atoms with E-state index in [-0.39, 0.29) is 6.04 Å². The van der Waals surface area contributed by atoms with Crippen molar-refractivity contribution in [2.75, 3.05) is 12.4 Å². The highest BCUT2D eigenvalue weighted by atomic mass is 19.4. The number of alkyl halides is 3. The number of carbonyl (C=O) groups excluding carboxylic acids is 1. The summed E-state index contributed by atoms with van der Waals surface area (Å²) >= 11 is 0. The lowest BCUT2D eigenvalue weighted by molar-refractivity contribution is -0.137. The number of nitrogens with one attached hydrogen (secondary N) is 2. The van der Waals surface area contributed by atoms with Crippen molar-refractivity contribution in [3.05, 3.63) is 29.3 Å². The molecule has 0 spiro atoms. The fourth-order valence-electron chi connectivity index (χ4n) is 2.30. The van der Waals surface area contributed by atoms with Crippen LogP contribution in [0.4, 0.5) is 23.7 Å². The Hall–Kier alpha value is -1.92. The van der Waals surface area contributed by atoms with Gasteiger partial charge in [0.1, 0.15) is 0 Å². The van der Waals surface area contributed by atoms with Gasteiger partial charge in [-0.05, 0) is 37.1 Å². The van der Waals surface area contributed by atoms with Gasteiger partial charge in [0, 0.05) is 11.7 Å². The summed E-state index contributed by atoms with van der Waals surface area (Å²) in [5.74, 6) is 0. The highest BCUT2D eigenvalue weighted by Gasteiger charge is 2.33. The van der Waals surface area contributed by atoms with Crippen LogP contribution in [0.25, 0.3) is 0 Å². The maximum Gasteiger partial charge on any atom is 0.416 e. The molecule has 2 atom stereocenters. The summed E-state index contributed by atoms with van der Waals surface area (Å²) < 4.78 is 42.8. The van der Waals surface area contributed by atoms with Gasteiger partial charge in [-0.15, -0.1) is 0 Å². The first-order valence-corrected chi connectivity index (χ1v) is 6.13. The second kappa shape index (κ2) is 5.22. The lowest BCUT2D eigenvalue weighted by atomic mass is 9.92. The number of hydrogen-bond acceptors (Lipinski definition) is 3. The third-order valence-electron chi connectivity index (χ3n) is 3.22. The summed E-state index contributed by atoms with van der Waals surface area (Å²) in [6, 6.07) is 3.02. The molecule has 0 saturated carbocycles. The average molecular weight is 288 g/mol. The number of rotatable bonds is 1. The number of methoxy groups -OCH3 is 1. The van der Waals surface area contributed by atoms with E-state index in [0.29, 0.717) is 17.7 Å². The Kier molecular flexibility index (Phi) is 3.78. The number of amides is 1. The van der Waals surface area contributed by atoms with Crippen molar-refractivity contribution < 1.29 is 22.7 Å². The quantitative estimate of drug-likeness (QED) is 0.833. The van der Waals surface area contributed by atoms with E-state index in [1.54, 1.807) is 0 Å². The highest BCUT2D eigenvalue weighted by Crippen LogP contribution is 2.37. The van der Waals surface area contributed by atoms with Gasteiger partial charge in [0.05, 0.1) is 18.7 Å². The molecule has 2 rings (SSSR count). The molecule has 2 N–H and O–H groups in total. The van der Waals surface area contributed by atoms with E-state index in [1.807, 2.05) is 6.92 Å². The van der Waals surface area contributed by atoms with E-state index in [9.17, 15) is 18.0 Å². The standard InChI is InChI=1S/C13H15F3N2O2/c1-7-5-11(18-12(19)20-2)9-6-8(13(14,15)16)3-4-10(9)17-7/h3-4,6-7,11,17H,5H2,1-2H3,(H,18,19)/t7-,11+/m1/s1. The fourth-order valence-corrected chi connectivity index (χ4v) is 2.30. The van der Waals surface area contributed by atoms with Gasteiger partial charge in [-0.3, -0.25) is 0 Å². The fraction of sp³-hybridized carbons (Fsp3) is 0.462. The molecule has 110 valence electrons. The second-order valence-electron chi connectivity index (χ2n) is 4.77. The number of hydrogen-bond donors (Lipinski definition) is 2. The molecular weight excluding hydrogens is 273 g/mol. The zero-order valence-electron chi connectivity index (χ0n) is 11.0. The largest absolute Gasteiger partial charge is 0.453 e. The minimum Gasteiger partial charge on any atom is -0.453 e. The molecule has 0 radical (unpaired) electrons. The zero-order chi connectivity index (χ0) is 14.9. The molecule has 0 aliphatic carbocycles. The Bertz CT molecular complexity index is 517. The van der Waals surface area contributed by atoms with Crippen LogP contribution in [0.1, 0.15) is 30.5 Å². The van der Waals surface area contributed by atoms with Crippen molar-refractivity contribution in [1.29, 1.82) is 0 Å². The number of anilines is 1. The van der Waals surface area contributed by atoms with Crippen LogP contribution in [0.2, 0.25) is 0 Å². The van der Waals surface area contributed by atoms with Crippen LogP contribution in [0.15, 0.2) is 18.2 Å². The summed E-state index contributed by atoms with van der Waals surface area (Å²) in [7, 11) is 1.22. The van der Waals surface area contributed by atoms with E-state index < -0.39 is 23.9 Å². The Morgan fingerprint density at radius 1 is 1.45 bits per heavy atom. The van der Waals surface area contributed by atoms with Crippen molar-refractivity contribution >= 4 is 11.8 Å². The predicted molar refractivity (Wildman–Crippen MR) is 67.4 cm³/mol. The van der Waals surface area contributed by atoms with Gasteiger partial charge in [-0.1, -0.05) is 0 Å². The summed E-state index contributed by atoms with van der Waals surface area (Å²) in [5, 5.41) is 5.67. The minimum atomic E-state index is -4.41. The van der Waals surface area contributed by atoms with E-state index >= 15 is 0 Å². The van der Waals surface area contributed by atoms with Crippen molar-refractivity contribution in [2.45, 2.75) is 31.6 Å². The first-order valence-electron chi connectivity index (χ1n) is 6.13. The molecule has 0 fully saturated rings. The Balaban J connectivity index is 2.37. The summed E-state index contributed by atoms with van der Waals surface area (Å²) in [6.07, 6.45) is -4.58. The number of benzene rings is 1. The van der Waals surface area contributed by atoms with E-state index in [4.69, 9.17) is 0 Å². The SMILES string of the molecule is COC(=O)N[C@H]1C[C@@H](C)Nc2ccc(C(F)(F)F)cc21. The summed E-state index contributed by atoms with van der Waals surface area (Å²) in [5.41, 5.74) is 0.283. The Labute approximate surface area is 114 Å². The van der Waals surface area contributed by atoms with Crippen molar-refractivity contribution in [2.24, 2.45) is 0 Å². The number of halogens is 3. The predicted octanol–water partition coefficient (Wildman–Crippen LogP) is 3.31. The van der Waals surface area contributed by atoms with Gasteiger partial charge in [0.15, 0.2) is 0 Å². The van der Waals surface area contributed by atoms with Crippen molar-refractivity contribution in [3.63, 3.8) is 0 Å². The molecule has 1 aliphatic heterocycles. The molecule has 0 bridgehead atoms. The lowest BCUT2D eigenvalue weighted by Gasteiger charge is -2.32. The lowest BCUT2D eigenvalue weighted by Crippen LogP contribution is -2.36. The molecule has 20 heavy (non-hydrogen) atoms. The topological polar surface area (TPSA) is 50.4 Å². The third-order valence-corrected chi connectivity index (χ3v) is 3.22. The molecule has 0 aromatic heterocycles. The third kappa shape index (κ3) is 2.97. The van der Waals surface area contributed by atoms with Crippen molar-refractivity contribution in [3.8, 4) is 0 Å². The molecule has 1 aromatic rings.